The van der Waals surface area contributed by atoms with Crippen molar-refractivity contribution in [3.05, 3.63) is 35.1 Å². The molecule has 4 nitrogen and oxygen atoms in total. The van der Waals surface area contributed by atoms with E-state index >= 15 is 0 Å². The quantitative estimate of drug-likeness (QED) is 0.642. The molecule has 1 N–H and O–H groups in total. The first kappa shape index (κ1) is 11.8. The van der Waals surface area contributed by atoms with Crippen molar-refractivity contribution in [3.8, 4) is 0 Å². The topological polar surface area (TPSA) is 53.8 Å². The zero-order valence-electron chi connectivity index (χ0n) is 9.11. The molecule has 6 heteroatoms. The van der Waals surface area contributed by atoms with Crippen molar-refractivity contribution in [2.75, 3.05) is 5.75 Å². The number of carbonyl (C=O) groups is 1. The van der Waals surface area contributed by atoms with Gasteiger partial charge in [-0.05, 0) is 24.6 Å². The fourth-order valence-electron chi connectivity index (χ4n) is 1.27. The van der Waals surface area contributed by atoms with Gasteiger partial charge in [-0.2, -0.15) is 5.10 Å². The Morgan fingerprint density at radius 1 is 1.53 bits per heavy atom. The van der Waals surface area contributed by atoms with Gasteiger partial charge in [-0.3, -0.25) is 4.79 Å². The highest BCUT2D eigenvalue weighted by molar-refractivity contribution is 8.15. The van der Waals surface area contributed by atoms with Gasteiger partial charge in [0.05, 0.1) is 12.0 Å². The number of nitrogens with zero attached hydrogens (tertiary/aromatic N) is 2. The molecular formula is C11H10FN3OS. The number of rotatable bonds is 2. The highest BCUT2D eigenvalue weighted by atomic mass is 32.2. The summed E-state index contributed by atoms with van der Waals surface area (Å²) in [6.45, 7) is 1.86. The highest BCUT2D eigenvalue weighted by Crippen LogP contribution is 2.10. The maximum atomic E-state index is 13.0. The number of hydrogen-bond acceptors (Lipinski definition) is 4. The van der Waals surface area contributed by atoms with E-state index in [0.29, 0.717) is 16.5 Å². The van der Waals surface area contributed by atoms with Gasteiger partial charge in [-0.25, -0.2) is 4.39 Å². The van der Waals surface area contributed by atoms with Crippen LogP contribution in [0.2, 0.25) is 0 Å². The molecule has 17 heavy (non-hydrogen) atoms. The second-order valence-electron chi connectivity index (χ2n) is 3.49. The summed E-state index contributed by atoms with van der Waals surface area (Å²) >= 11 is 1.29. The number of hydrogen-bond donors (Lipinski definition) is 1. The fourth-order valence-corrected chi connectivity index (χ4v) is 1.90. The van der Waals surface area contributed by atoms with Crippen LogP contribution in [-0.4, -0.2) is 23.0 Å². The predicted molar refractivity (Wildman–Crippen MR) is 66.8 cm³/mol. The summed E-state index contributed by atoms with van der Waals surface area (Å²) in [5.74, 6) is -0.0213. The van der Waals surface area contributed by atoms with Gasteiger partial charge in [0.15, 0.2) is 5.17 Å². The Morgan fingerprint density at radius 3 is 3.06 bits per heavy atom. The van der Waals surface area contributed by atoms with Crippen LogP contribution in [0.4, 0.5) is 4.39 Å². The largest absolute Gasteiger partial charge is 0.303 e. The molecule has 0 saturated carbocycles. The third-order valence-electron chi connectivity index (χ3n) is 2.17. The molecule has 1 aliphatic rings. The molecule has 2 rings (SSSR count). The van der Waals surface area contributed by atoms with Crippen LogP contribution in [0.25, 0.3) is 0 Å². The van der Waals surface area contributed by atoms with E-state index in [1.807, 2.05) is 6.92 Å². The van der Waals surface area contributed by atoms with Crippen molar-refractivity contribution >= 4 is 29.1 Å². The third kappa shape index (κ3) is 3.13. The van der Waals surface area contributed by atoms with Crippen LogP contribution in [0.3, 0.4) is 0 Å². The molecule has 1 heterocycles. The average molecular weight is 251 g/mol. The normalized spacial score (nSPS) is 18.0. The number of carbonyl (C=O) groups excluding carboxylic acids is 1. The maximum absolute atomic E-state index is 13.0. The lowest BCUT2D eigenvalue weighted by molar-refractivity contribution is -0.116. The molecule has 0 aliphatic carbocycles. The zero-order chi connectivity index (χ0) is 12.3. The second kappa shape index (κ2) is 5.09. The number of benzene rings is 1. The van der Waals surface area contributed by atoms with Crippen molar-refractivity contribution in [1.29, 1.82) is 0 Å². The first-order valence-electron chi connectivity index (χ1n) is 4.95. The van der Waals surface area contributed by atoms with E-state index in [9.17, 15) is 9.18 Å². The number of nitrogens with one attached hydrogen (secondary N) is 1. The molecule has 1 amide bonds. The van der Waals surface area contributed by atoms with E-state index in [4.69, 9.17) is 0 Å². The molecule has 0 spiro atoms. The molecule has 0 bridgehead atoms. The van der Waals surface area contributed by atoms with Gasteiger partial charge < -0.3 is 5.32 Å². The van der Waals surface area contributed by atoms with E-state index in [2.05, 4.69) is 15.5 Å². The summed E-state index contributed by atoms with van der Waals surface area (Å²) in [5.41, 5.74) is 1.59. The van der Waals surface area contributed by atoms with Crippen molar-refractivity contribution in [2.24, 2.45) is 10.2 Å². The van der Waals surface area contributed by atoms with Crippen molar-refractivity contribution in [3.63, 3.8) is 0 Å². The molecule has 1 fully saturated rings. The smallest absolute Gasteiger partial charge is 0.236 e. The van der Waals surface area contributed by atoms with Gasteiger partial charge in [-0.1, -0.05) is 17.8 Å². The molecule has 0 radical (unpaired) electrons. The standard InChI is InChI=1S/C11H10FN3OS/c1-7-2-3-9(12)4-8(7)5-13-15-11-14-10(16)6-17-11/h2-5H,6H2,1H3,(H,14,15,16). The molecule has 0 atom stereocenters. The van der Waals surface area contributed by atoms with E-state index in [0.717, 1.165) is 5.56 Å². The van der Waals surface area contributed by atoms with Gasteiger partial charge in [0.2, 0.25) is 5.91 Å². The molecule has 1 aromatic rings. The number of amides is 1. The molecule has 1 aromatic carbocycles. The molecule has 0 aromatic heterocycles. The van der Waals surface area contributed by atoms with Crippen molar-refractivity contribution < 1.29 is 9.18 Å². The van der Waals surface area contributed by atoms with Crippen LogP contribution in [0, 0.1) is 12.7 Å². The van der Waals surface area contributed by atoms with E-state index in [1.54, 1.807) is 6.07 Å². The second-order valence-corrected chi connectivity index (χ2v) is 4.45. The summed E-state index contributed by atoms with van der Waals surface area (Å²) in [7, 11) is 0. The Bertz CT molecular complexity index is 513. The van der Waals surface area contributed by atoms with Gasteiger partial charge in [0.25, 0.3) is 0 Å². The zero-order valence-corrected chi connectivity index (χ0v) is 9.92. The number of halogens is 1. The Labute approximate surface area is 102 Å². The van der Waals surface area contributed by atoms with Crippen LogP contribution < -0.4 is 5.32 Å². The third-order valence-corrected chi connectivity index (χ3v) is 3.04. The van der Waals surface area contributed by atoms with Crippen LogP contribution in [0.1, 0.15) is 11.1 Å². The average Bonchev–Trinajstić information content (AvgIpc) is 2.69. The monoisotopic (exact) mass is 251 g/mol. The molecule has 88 valence electrons. The van der Waals surface area contributed by atoms with Crippen LogP contribution in [0.15, 0.2) is 28.4 Å². The van der Waals surface area contributed by atoms with Crippen molar-refractivity contribution in [1.82, 2.24) is 5.32 Å². The first-order valence-corrected chi connectivity index (χ1v) is 5.93. The van der Waals surface area contributed by atoms with Crippen molar-refractivity contribution in [2.45, 2.75) is 6.92 Å². The Hall–Kier alpha value is -1.69. The highest BCUT2D eigenvalue weighted by Gasteiger charge is 2.15. The van der Waals surface area contributed by atoms with Crippen LogP contribution in [-0.2, 0) is 4.79 Å². The number of amidine groups is 1. The number of aryl methyl sites for hydroxylation is 1. The number of thioether (sulfide) groups is 1. The summed E-state index contributed by atoms with van der Waals surface area (Å²) in [4.78, 5) is 10.9. The Morgan fingerprint density at radius 2 is 2.35 bits per heavy atom. The fraction of sp³-hybridized carbons (Fsp3) is 0.182. The van der Waals surface area contributed by atoms with Crippen LogP contribution in [0.5, 0.6) is 0 Å². The van der Waals surface area contributed by atoms with Gasteiger partial charge >= 0.3 is 0 Å². The summed E-state index contributed by atoms with van der Waals surface area (Å²) in [5, 5.41) is 10.7. The van der Waals surface area contributed by atoms with Crippen LogP contribution >= 0.6 is 11.8 Å². The van der Waals surface area contributed by atoms with E-state index in [1.165, 1.54) is 30.1 Å². The van der Waals surface area contributed by atoms with E-state index in [-0.39, 0.29) is 11.7 Å². The van der Waals surface area contributed by atoms with E-state index < -0.39 is 0 Å². The summed E-state index contributed by atoms with van der Waals surface area (Å²) in [6.07, 6.45) is 1.47. The van der Waals surface area contributed by atoms with Gasteiger partial charge in [-0.15, -0.1) is 5.10 Å². The predicted octanol–water partition coefficient (Wildman–Crippen LogP) is 1.69. The first-order chi connectivity index (χ1) is 8.15. The Balaban J connectivity index is 2.10. The molecular weight excluding hydrogens is 241 g/mol. The van der Waals surface area contributed by atoms with Gasteiger partial charge in [0.1, 0.15) is 5.82 Å². The summed E-state index contributed by atoms with van der Waals surface area (Å²) in [6, 6.07) is 4.46. The Kier molecular flexibility index (Phi) is 3.53. The lowest BCUT2D eigenvalue weighted by atomic mass is 10.1. The summed E-state index contributed by atoms with van der Waals surface area (Å²) < 4.78 is 13.0. The minimum absolute atomic E-state index is 0.0779. The minimum atomic E-state index is -0.312. The lowest BCUT2D eigenvalue weighted by Crippen LogP contribution is -2.19. The molecule has 1 saturated heterocycles. The molecule has 0 unspecified atom stereocenters. The minimum Gasteiger partial charge on any atom is -0.303 e. The van der Waals surface area contributed by atoms with Gasteiger partial charge in [0, 0.05) is 5.56 Å². The molecule has 1 aliphatic heterocycles. The SMILES string of the molecule is Cc1ccc(F)cc1C=NN=C1NC(=O)CS1. The lowest BCUT2D eigenvalue weighted by Gasteiger charge is -1.98. The maximum Gasteiger partial charge on any atom is 0.236 e.